The van der Waals surface area contributed by atoms with Gasteiger partial charge in [0.15, 0.2) is 5.82 Å². The van der Waals surface area contributed by atoms with Gasteiger partial charge in [0.1, 0.15) is 12.8 Å². The summed E-state index contributed by atoms with van der Waals surface area (Å²) in [6, 6.07) is 8.76. The summed E-state index contributed by atoms with van der Waals surface area (Å²) < 4.78 is 4.67. The molecule has 0 aliphatic carbocycles. The zero-order valence-corrected chi connectivity index (χ0v) is 13.9. The number of nitrogens with zero attached hydrogens (tertiary/aromatic N) is 2. The van der Waals surface area contributed by atoms with Crippen molar-refractivity contribution >= 4 is 23.4 Å². The van der Waals surface area contributed by atoms with E-state index in [1.165, 1.54) is 11.2 Å². The highest BCUT2D eigenvalue weighted by Gasteiger charge is 2.18. The summed E-state index contributed by atoms with van der Waals surface area (Å²) >= 11 is 0. The molecule has 128 valence electrons. The number of carbonyl (C=O) groups excluding carboxylic acids is 2. The van der Waals surface area contributed by atoms with Gasteiger partial charge in [-0.05, 0) is 25.0 Å². The molecule has 1 aromatic heterocycles. The number of carbonyl (C=O) groups is 2. The molecule has 3 amide bonds. The Morgan fingerprint density at radius 2 is 2.00 bits per heavy atom. The molecule has 0 saturated heterocycles. The fourth-order valence-corrected chi connectivity index (χ4v) is 2.14. The number of nitrogens with one attached hydrogen (secondary N) is 2. The Kier molecular flexibility index (Phi) is 6.36. The third-order valence-electron chi connectivity index (χ3n) is 3.50. The van der Waals surface area contributed by atoms with Gasteiger partial charge in [-0.15, -0.1) is 0 Å². The number of anilines is 2. The normalized spacial score (nSPS) is 10.2. The van der Waals surface area contributed by atoms with Gasteiger partial charge in [-0.2, -0.15) is 0 Å². The lowest BCUT2D eigenvalue weighted by molar-refractivity contribution is -0.116. The van der Waals surface area contributed by atoms with Crippen molar-refractivity contribution in [1.29, 1.82) is 0 Å². The summed E-state index contributed by atoms with van der Waals surface area (Å²) in [6.45, 7) is 4.40. The van der Waals surface area contributed by atoms with Crippen LogP contribution in [0.2, 0.25) is 0 Å². The zero-order chi connectivity index (χ0) is 17.4. The summed E-state index contributed by atoms with van der Waals surface area (Å²) in [5.74, 6) is 0.00897. The van der Waals surface area contributed by atoms with E-state index in [9.17, 15) is 9.59 Å². The van der Waals surface area contributed by atoms with Crippen LogP contribution < -0.4 is 10.6 Å². The van der Waals surface area contributed by atoms with Crippen molar-refractivity contribution in [2.24, 2.45) is 0 Å². The first kappa shape index (κ1) is 17.5. The Bertz CT molecular complexity index is 670. The monoisotopic (exact) mass is 330 g/mol. The second-order valence-electron chi connectivity index (χ2n) is 5.45. The third kappa shape index (κ3) is 5.12. The van der Waals surface area contributed by atoms with Gasteiger partial charge in [-0.25, -0.2) is 4.79 Å². The van der Waals surface area contributed by atoms with Crippen LogP contribution in [-0.4, -0.2) is 35.1 Å². The fourth-order valence-electron chi connectivity index (χ4n) is 2.14. The Morgan fingerprint density at radius 3 is 2.67 bits per heavy atom. The molecule has 0 bridgehead atoms. The lowest BCUT2D eigenvalue weighted by atomic mass is 10.2. The van der Waals surface area contributed by atoms with Crippen LogP contribution in [0.15, 0.2) is 41.1 Å². The van der Waals surface area contributed by atoms with Crippen molar-refractivity contribution in [3.8, 4) is 0 Å². The maximum Gasteiger partial charge on any atom is 0.322 e. The van der Waals surface area contributed by atoms with Gasteiger partial charge in [0.25, 0.3) is 0 Å². The summed E-state index contributed by atoms with van der Waals surface area (Å²) in [7, 11) is 0. The van der Waals surface area contributed by atoms with Crippen LogP contribution in [0, 0.1) is 6.92 Å². The van der Waals surface area contributed by atoms with Crippen LogP contribution in [0.4, 0.5) is 16.3 Å². The highest BCUT2D eigenvalue weighted by atomic mass is 16.5. The van der Waals surface area contributed by atoms with Gasteiger partial charge in [0.05, 0.1) is 0 Å². The van der Waals surface area contributed by atoms with E-state index < -0.39 is 0 Å². The molecule has 0 unspecified atom stereocenters. The molecule has 1 aromatic carbocycles. The van der Waals surface area contributed by atoms with E-state index in [4.69, 9.17) is 0 Å². The number of hydrogen-bond donors (Lipinski definition) is 2. The predicted octanol–water partition coefficient (Wildman–Crippen LogP) is 3.26. The van der Waals surface area contributed by atoms with E-state index in [1.807, 2.05) is 38.1 Å². The van der Waals surface area contributed by atoms with Crippen molar-refractivity contribution in [2.45, 2.75) is 26.7 Å². The largest absolute Gasteiger partial charge is 0.363 e. The van der Waals surface area contributed by atoms with Gasteiger partial charge >= 0.3 is 6.03 Å². The Labute approximate surface area is 141 Å². The molecule has 0 radical (unpaired) electrons. The Balaban J connectivity index is 1.99. The lowest BCUT2D eigenvalue weighted by Gasteiger charge is -2.22. The molecule has 1 heterocycles. The summed E-state index contributed by atoms with van der Waals surface area (Å²) in [5, 5.41) is 9.07. The maximum atomic E-state index is 12.5. The lowest BCUT2D eigenvalue weighted by Crippen LogP contribution is -2.41. The van der Waals surface area contributed by atoms with Crippen molar-refractivity contribution in [2.75, 3.05) is 23.7 Å². The minimum absolute atomic E-state index is 0.0510. The summed E-state index contributed by atoms with van der Waals surface area (Å²) in [5.41, 5.74) is 1.70. The molecule has 0 atom stereocenters. The first-order chi connectivity index (χ1) is 11.6. The van der Waals surface area contributed by atoms with Gasteiger partial charge in [-0.1, -0.05) is 36.7 Å². The van der Waals surface area contributed by atoms with Crippen LogP contribution in [-0.2, 0) is 4.79 Å². The smallest absolute Gasteiger partial charge is 0.322 e. The number of aromatic nitrogens is 1. The number of rotatable bonds is 7. The number of para-hydroxylation sites is 1. The van der Waals surface area contributed by atoms with E-state index in [0.717, 1.165) is 24.1 Å². The highest BCUT2D eigenvalue weighted by Crippen LogP contribution is 2.14. The van der Waals surface area contributed by atoms with Crippen molar-refractivity contribution in [3.63, 3.8) is 0 Å². The van der Waals surface area contributed by atoms with Gasteiger partial charge < -0.3 is 20.1 Å². The zero-order valence-electron chi connectivity index (χ0n) is 13.9. The number of aryl methyl sites for hydroxylation is 1. The number of amides is 3. The molecule has 24 heavy (non-hydrogen) atoms. The van der Waals surface area contributed by atoms with E-state index in [0.29, 0.717) is 12.4 Å². The van der Waals surface area contributed by atoms with E-state index in [2.05, 4.69) is 20.3 Å². The van der Waals surface area contributed by atoms with Crippen molar-refractivity contribution in [3.05, 3.63) is 42.2 Å². The average molecular weight is 330 g/mol. The minimum atomic E-state index is -0.320. The first-order valence-corrected chi connectivity index (χ1v) is 7.92. The molecule has 2 rings (SSSR count). The first-order valence-electron chi connectivity index (χ1n) is 7.92. The van der Waals surface area contributed by atoms with Gasteiger partial charge in [0, 0.05) is 18.3 Å². The fraction of sp³-hybridized carbons (Fsp3) is 0.353. The molecular formula is C17H22N4O3. The maximum absolute atomic E-state index is 12.5. The van der Waals surface area contributed by atoms with E-state index in [-0.39, 0.29) is 18.5 Å². The van der Waals surface area contributed by atoms with Gasteiger partial charge in [-0.3, -0.25) is 4.79 Å². The van der Waals surface area contributed by atoms with Crippen LogP contribution >= 0.6 is 0 Å². The number of hydrogen-bond acceptors (Lipinski definition) is 4. The molecule has 0 saturated carbocycles. The molecule has 2 N–H and O–H groups in total. The molecule has 7 heteroatoms. The summed E-state index contributed by atoms with van der Waals surface area (Å²) in [6.07, 6.45) is 3.12. The topological polar surface area (TPSA) is 87.5 Å². The number of benzene rings is 1. The third-order valence-corrected chi connectivity index (χ3v) is 3.50. The molecular weight excluding hydrogens is 308 g/mol. The molecule has 0 aliphatic rings. The Hall–Kier alpha value is -2.83. The van der Waals surface area contributed by atoms with Crippen LogP contribution in [0.25, 0.3) is 0 Å². The average Bonchev–Trinajstić information content (AvgIpc) is 3.06. The van der Waals surface area contributed by atoms with Crippen LogP contribution in [0.3, 0.4) is 0 Å². The highest BCUT2D eigenvalue weighted by molar-refractivity contribution is 5.96. The quantitative estimate of drug-likeness (QED) is 0.815. The predicted molar refractivity (Wildman–Crippen MR) is 91.8 cm³/mol. The van der Waals surface area contributed by atoms with Crippen molar-refractivity contribution in [1.82, 2.24) is 10.1 Å². The minimum Gasteiger partial charge on any atom is -0.363 e. The van der Waals surface area contributed by atoms with Crippen LogP contribution in [0.1, 0.15) is 25.3 Å². The molecule has 0 fully saturated rings. The van der Waals surface area contributed by atoms with Crippen LogP contribution in [0.5, 0.6) is 0 Å². The number of unbranched alkanes of at least 4 members (excludes halogenated alkanes) is 1. The second kappa shape index (κ2) is 8.71. The standard InChI is InChI=1S/C17H22N4O3/c1-3-4-10-21(12-16(22)19-15-9-11-24-20-15)17(23)18-14-8-6-5-7-13(14)2/h5-9,11H,3-4,10,12H2,1-2H3,(H,18,23)(H,19,20,22). The molecule has 0 spiro atoms. The van der Waals surface area contributed by atoms with Gasteiger partial charge in [0.2, 0.25) is 5.91 Å². The number of urea groups is 1. The van der Waals surface area contributed by atoms with E-state index >= 15 is 0 Å². The second-order valence-corrected chi connectivity index (χ2v) is 5.45. The van der Waals surface area contributed by atoms with Crippen molar-refractivity contribution < 1.29 is 14.1 Å². The van der Waals surface area contributed by atoms with E-state index in [1.54, 1.807) is 6.07 Å². The summed E-state index contributed by atoms with van der Waals surface area (Å²) in [4.78, 5) is 26.1. The SMILES string of the molecule is CCCCN(CC(=O)Nc1ccon1)C(=O)Nc1ccccc1C. The molecule has 2 aromatic rings. The Morgan fingerprint density at radius 1 is 1.21 bits per heavy atom. The molecule has 0 aliphatic heterocycles. The molecule has 7 nitrogen and oxygen atoms in total.